The standard InChI is InChI=1S/C15H22O3/c1-10-9-11(2)13(15(18)12(10)3)7-5-4-6-8-14(16)17/h9,18H,4-8H2,1-3H3,(H,16,17). The van der Waals surface area contributed by atoms with Gasteiger partial charge in [-0.1, -0.05) is 12.5 Å². The lowest BCUT2D eigenvalue weighted by Gasteiger charge is -2.13. The van der Waals surface area contributed by atoms with Gasteiger partial charge < -0.3 is 10.2 Å². The molecular formula is C15H22O3. The van der Waals surface area contributed by atoms with Crippen LogP contribution < -0.4 is 0 Å². The zero-order valence-electron chi connectivity index (χ0n) is 11.4. The molecule has 2 N–H and O–H groups in total. The van der Waals surface area contributed by atoms with Crippen molar-refractivity contribution in [1.29, 1.82) is 0 Å². The number of carboxylic acids is 1. The molecule has 0 amide bonds. The van der Waals surface area contributed by atoms with Crippen molar-refractivity contribution in [3.05, 3.63) is 28.3 Å². The zero-order valence-corrected chi connectivity index (χ0v) is 11.4. The summed E-state index contributed by atoms with van der Waals surface area (Å²) in [6, 6.07) is 2.10. The van der Waals surface area contributed by atoms with E-state index < -0.39 is 5.97 Å². The summed E-state index contributed by atoms with van der Waals surface area (Å²) in [7, 11) is 0. The molecule has 1 aromatic carbocycles. The molecule has 0 aromatic heterocycles. The van der Waals surface area contributed by atoms with Gasteiger partial charge in [0.2, 0.25) is 0 Å². The topological polar surface area (TPSA) is 57.5 Å². The van der Waals surface area contributed by atoms with Gasteiger partial charge in [-0.25, -0.2) is 0 Å². The van der Waals surface area contributed by atoms with Crippen molar-refractivity contribution in [2.24, 2.45) is 0 Å². The maximum atomic E-state index is 10.4. The van der Waals surface area contributed by atoms with Crippen LogP contribution in [0.1, 0.15) is 47.9 Å². The molecule has 0 aliphatic carbocycles. The normalized spacial score (nSPS) is 10.6. The Hall–Kier alpha value is -1.51. The second kappa shape index (κ2) is 6.43. The van der Waals surface area contributed by atoms with Crippen molar-refractivity contribution in [3.63, 3.8) is 0 Å². The van der Waals surface area contributed by atoms with Crippen molar-refractivity contribution in [2.75, 3.05) is 0 Å². The maximum absolute atomic E-state index is 10.4. The number of benzene rings is 1. The summed E-state index contributed by atoms with van der Waals surface area (Å²) < 4.78 is 0. The van der Waals surface area contributed by atoms with Crippen LogP contribution in [0.2, 0.25) is 0 Å². The van der Waals surface area contributed by atoms with Crippen LogP contribution in [-0.2, 0) is 11.2 Å². The lowest BCUT2D eigenvalue weighted by molar-refractivity contribution is -0.137. The van der Waals surface area contributed by atoms with Crippen LogP contribution in [0, 0.1) is 20.8 Å². The number of phenols is 1. The summed E-state index contributed by atoms with van der Waals surface area (Å²) in [6.07, 6.45) is 3.57. The molecular weight excluding hydrogens is 228 g/mol. The van der Waals surface area contributed by atoms with E-state index in [9.17, 15) is 9.90 Å². The molecule has 100 valence electrons. The molecule has 18 heavy (non-hydrogen) atoms. The summed E-state index contributed by atoms with van der Waals surface area (Å²) in [6.45, 7) is 5.94. The van der Waals surface area contributed by atoms with Crippen LogP contribution in [-0.4, -0.2) is 16.2 Å². The van der Waals surface area contributed by atoms with E-state index in [1.54, 1.807) is 0 Å². The van der Waals surface area contributed by atoms with E-state index in [2.05, 4.69) is 6.07 Å². The largest absolute Gasteiger partial charge is 0.507 e. The molecule has 3 heteroatoms. The van der Waals surface area contributed by atoms with Gasteiger partial charge in [0.05, 0.1) is 0 Å². The van der Waals surface area contributed by atoms with Gasteiger partial charge in [-0.3, -0.25) is 4.79 Å². The van der Waals surface area contributed by atoms with E-state index >= 15 is 0 Å². The average Bonchev–Trinajstić information content (AvgIpc) is 2.29. The van der Waals surface area contributed by atoms with Crippen LogP contribution >= 0.6 is 0 Å². The number of hydrogen-bond donors (Lipinski definition) is 2. The summed E-state index contributed by atoms with van der Waals surface area (Å²) >= 11 is 0. The van der Waals surface area contributed by atoms with E-state index in [4.69, 9.17) is 5.11 Å². The average molecular weight is 250 g/mol. The first kappa shape index (κ1) is 14.6. The van der Waals surface area contributed by atoms with Crippen molar-refractivity contribution in [1.82, 2.24) is 0 Å². The molecule has 0 radical (unpaired) electrons. The Bertz CT molecular complexity index is 436. The maximum Gasteiger partial charge on any atom is 0.303 e. The van der Waals surface area contributed by atoms with Crippen molar-refractivity contribution < 1.29 is 15.0 Å². The molecule has 1 aromatic rings. The van der Waals surface area contributed by atoms with Gasteiger partial charge in [0.25, 0.3) is 0 Å². The number of rotatable bonds is 6. The first-order valence-electron chi connectivity index (χ1n) is 6.44. The fraction of sp³-hybridized carbons (Fsp3) is 0.533. The summed E-state index contributed by atoms with van der Waals surface area (Å²) in [5.41, 5.74) is 4.18. The molecule has 0 spiro atoms. The third kappa shape index (κ3) is 3.76. The molecule has 0 saturated carbocycles. The Labute approximate surface area is 108 Å². The Kier molecular flexibility index (Phi) is 5.20. The lowest BCUT2D eigenvalue weighted by atomic mass is 9.95. The molecule has 0 fully saturated rings. The van der Waals surface area contributed by atoms with Gasteiger partial charge in [0.15, 0.2) is 0 Å². The highest BCUT2D eigenvalue weighted by Gasteiger charge is 2.10. The molecule has 0 atom stereocenters. The lowest BCUT2D eigenvalue weighted by Crippen LogP contribution is -1.97. The monoisotopic (exact) mass is 250 g/mol. The van der Waals surface area contributed by atoms with Gasteiger partial charge in [0.1, 0.15) is 5.75 Å². The van der Waals surface area contributed by atoms with E-state index in [-0.39, 0.29) is 6.42 Å². The zero-order chi connectivity index (χ0) is 13.7. The molecule has 0 saturated heterocycles. The Balaban J connectivity index is 2.57. The molecule has 0 bridgehead atoms. The van der Waals surface area contributed by atoms with Crippen LogP contribution in [0.15, 0.2) is 6.07 Å². The first-order chi connectivity index (χ1) is 8.43. The molecule has 0 unspecified atom stereocenters. The smallest absolute Gasteiger partial charge is 0.303 e. The third-order valence-electron chi connectivity index (χ3n) is 3.46. The highest BCUT2D eigenvalue weighted by molar-refractivity contribution is 5.66. The van der Waals surface area contributed by atoms with Gasteiger partial charge in [-0.05, 0) is 62.3 Å². The number of phenolic OH excluding ortho intramolecular Hbond substituents is 1. The Morgan fingerprint density at radius 1 is 1.11 bits per heavy atom. The van der Waals surface area contributed by atoms with Gasteiger partial charge in [-0.2, -0.15) is 0 Å². The van der Waals surface area contributed by atoms with E-state index in [0.717, 1.165) is 41.5 Å². The minimum Gasteiger partial charge on any atom is -0.507 e. The first-order valence-corrected chi connectivity index (χ1v) is 6.44. The molecule has 3 nitrogen and oxygen atoms in total. The minimum absolute atomic E-state index is 0.234. The molecule has 0 aliphatic rings. The number of hydrogen-bond acceptors (Lipinski definition) is 2. The number of aromatic hydroxyl groups is 1. The van der Waals surface area contributed by atoms with Gasteiger partial charge >= 0.3 is 5.97 Å². The van der Waals surface area contributed by atoms with Crippen molar-refractivity contribution in [3.8, 4) is 5.75 Å². The van der Waals surface area contributed by atoms with E-state index in [1.807, 2.05) is 20.8 Å². The summed E-state index contributed by atoms with van der Waals surface area (Å²) in [5, 5.41) is 18.7. The fourth-order valence-electron chi connectivity index (χ4n) is 2.19. The second-order valence-electron chi connectivity index (χ2n) is 4.92. The molecule has 0 aliphatic heterocycles. The van der Waals surface area contributed by atoms with Crippen molar-refractivity contribution in [2.45, 2.75) is 52.9 Å². The van der Waals surface area contributed by atoms with Gasteiger partial charge in [-0.15, -0.1) is 0 Å². The SMILES string of the molecule is Cc1cc(C)c(CCCCCC(=O)O)c(O)c1C. The van der Waals surface area contributed by atoms with Gasteiger partial charge in [0, 0.05) is 6.42 Å². The third-order valence-corrected chi connectivity index (χ3v) is 3.46. The number of carboxylic acid groups (broad SMARTS) is 1. The number of aryl methyl sites for hydroxylation is 2. The van der Waals surface area contributed by atoms with Crippen LogP contribution in [0.3, 0.4) is 0 Å². The molecule has 1 rings (SSSR count). The number of aliphatic carboxylic acids is 1. The van der Waals surface area contributed by atoms with Crippen LogP contribution in [0.5, 0.6) is 5.75 Å². The van der Waals surface area contributed by atoms with E-state index in [1.165, 1.54) is 0 Å². The van der Waals surface area contributed by atoms with Crippen LogP contribution in [0.4, 0.5) is 0 Å². The Morgan fingerprint density at radius 3 is 2.39 bits per heavy atom. The second-order valence-corrected chi connectivity index (χ2v) is 4.92. The summed E-state index contributed by atoms with van der Waals surface area (Å²) in [5.74, 6) is -0.328. The van der Waals surface area contributed by atoms with E-state index in [0.29, 0.717) is 12.2 Å². The number of unbranched alkanes of at least 4 members (excludes halogenated alkanes) is 2. The number of carbonyl (C=O) groups is 1. The predicted octanol–water partition coefficient (Wildman–Crippen LogP) is 3.50. The van der Waals surface area contributed by atoms with Crippen LogP contribution in [0.25, 0.3) is 0 Å². The minimum atomic E-state index is -0.736. The molecule has 0 heterocycles. The Morgan fingerprint density at radius 2 is 1.78 bits per heavy atom. The van der Waals surface area contributed by atoms with Crippen molar-refractivity contribution >= 4 is 5.97 Å². The highest BCUT2D eigenvalue weighted by atomic mass is 16.4. The predicted molar refractivity (Wildman–Crippen MR) is 72.1 cm³/mol. The highest BCUT2D eigenvalue weighted by Crippen LogP contribution is 2.29. The quantitative estimate of drug-likeness (QED) is 0.760. The fourth-order valence-corrected chi connectivity index (χ4v) is 2.19. The summed E-state index contributed by atoms with van der Waals surface area (Å²) in [4.78, 5) is 10.4.